The van der Waals surface area contributed by atoms with Crippen LogP contribution in [0.2, 0.25) is 0 Å². The second-order valence-corrected chi connectivity index (χ2v) is 4.62. The van der Waals surface area contributed by atoms with Crippen molar-refractivity contribution >= 4 is 27.5 Å². The van der Waals surface area contributed by atoms with E-state index in [4.69, 9.17) is 0 Å². The van der Waals surface area contributed by atoms with Gasteiger partial charge in [-0.05, 0) is 36.4 Å². The first-order valence-corrected chi connectivity index (χ1v) is 6.06. The Hall–Kier alpha value is -1.61. The molecule has 0 saturated heterocycles. The van der Waals surface area contributed by atoms with Gasteiger partial charge < -0.3 is 4.90 Å². The molecule has 0 fully saturated rings. The number of nitrogens with zero attached hydrogens (tertiary/aromatic N) is 1. The Balaban J connectivity index is 2.23. The summed E-state index contributed by atoms with van der Waals surface area (Å²) in [5.74, 6) is -0.0105. The number of para-hydroxylation sites is 1. The van der Waals surface area contributed by atoms with Crippen molar-refractivity contribution in [2.45, 2.75) is 0 Å². The molecule has 0 atom stereocenters. The fourth-order valence-electron chi connectivity index (χ4n) is 1.55. The van der Waals surface area contributed by atoms with E-state index in [-0.39, 0.29) is 5.91 Å². The highest BCUT2D eigenvalue weighted by molar-refractivity contribution is 9.10. The SMILES string of the molecule is CN(C(=O)c1ccc(Br)cc1)c1ccccc1. The predicted molar refractivity (Wildman–Crippen MR) is 73.3 cm³/mol. The van der Waals surface area contributed by atoms with Crippen LogP contribution >= 0.6 is 15.9 Å². The van der Waals surface area contributed by atoms with Crippen molar-refractivity contribution < 1.29 is 4.79 Å². The van der Waals surface area contributed by atoms with Crippen LogP contribution in [0.5, 0.6) is 0 Å². The van der Waals surface area contributed by atoms with Gasteiger partial charge in [0.15, 0.2) is 0 Å². The number of hydrogen-bond acceptors (Lipinski definition) is 1. The Bertz CT molecular complexity index is 508. The van der Waals surface area contributed by atoms with E-state index in [0.29, 0.717) is 5.56 Å². The zero-order valence-corrected chi connectivity index (χ0v) is 11.0. The van der Waals surface area contributed by atoms with Crippen molar-refractivity contribution in [2.24, 2.45) is 0 Å². The summed E-state index contributed by atoms with van der Waals surface area (Å²) in [7, 11) is 1.78. The van der Waals surface area contributed by atoms with Gasteiger partial charge in [-0.25, -0.2) is 0 Å². The van der Waals surface area contributed by atoms with Gasteiger partial charge in [0, 0.05) is 22.8 Å². The summed E-state index contributed by atoms with van der Waals surface area (Å²) >= 11 is 3.35. The molecule has 0 aliphatic rings. The summed E-state index contributed by atoms with van der Waals surface area (Å²) in [6.07, 6.45) is 0. The monoisotopic (exact) mass is 289 g/mol. The molecule has 0 N–H and O–H groups in total. The molecule has 3 heteroatoms. The van der Waals surface area contributed by atoms with Crippen molar-refractivity contribution in [1.29, 1.82) is 0 Å². The van der Waals surface area contributed by atoms with E-state index in [1.807, 2.05) is 54.6 Å². The molecule has 0 radical (unpaired) electrons. The average molecular weight is 290 g/mol. The third kappa shape index (κ3) is 2.74. The summed E-state index contributed by atoms with van der Waals surface area (Å²) in [5.41, 5.74) is 1.57. The van der Waals surface area contributed by atoms with Gasteiger partial charge in [0.1, 0.15) is 0 Å². The number of halogens is 1. The largest absolute Gasteiger partial charge is 0.311 e. The average Bonchev–Trinajstić information content (AvgIpc) is 2.39. The van der Waals surface area contributed by atoms with Gasteiger partial charge in [-0.3, -0.25) is 4.79 Å². The van der Waals surface area contributed by atoms with Crippen molar-refractivity contribution in [1.82, 2.24) is 0 Å². The Kier molecular flexibility index (Phi) is 3.59. The third-order valence-electron chi connectivity index (χ3n) is 2.54. The quantitative estimate of drug-likeness (QED) is 0.825. The summed E-state index contributed by atoms with van der Waals surface area (Å²) in [4.78, 5) is 13.8. The molecule has 0 aromatic heterocycles. The maximum absolute atomic E-state index is 12.2. The molecular weight excluding hydrogens is 278 g/mol. The Labute approximate surface area is 109 Å². The fraction of sp³-hybridized carbons (Fsp3) is 0.0714. The summed E-state index contributed by atoms with van der Waals surface area (Å²) in [5, 5.41) is 0. The minimum atomic E-state index is -0.0105. The van der Waals surface area contributed by atoms with Crippen LogP contribution in [0.25, 0.3) is 0 Å². The highest BCUT2D eigenvalue weighted by Crippen LogP contribution is 2.16. The van der Waals surface area contributed by atoms with Crippen LogP contribution in [0.15, 0.2) is 59.1 Å². The van der Waals surface area contributed by atoms with Crippen molar-refractivity contribution in [3.63, 3.8) is 0 Å². The standard InChI is InChI=1S/C14H12BrNO/c1-16(13-5-3-2-4-6-13)14(17)11-7-9-12(15)10-8-11/h2-10H,1H3. The molecule has 0 aliphatic heterocycles. The summed E-state index contributed by atoms with van der Waals surface area (Å²) in [6, 6.07) is 17.0. The number of carbonyl (C=O) groups is 1. The van der Waals surface area contributed by atoms with Crippen LogP contribution < -0.4 is 4.90 Å². The lowest BCUT2D eigenvalue weighted by Gasteiger charge is -2.17. The lowest BCUT2D eigenvalue weighted by Crippen LogP contribution is -2.25. The smallest absolute Gasteiger partial charge is 0.258 e. The molecule has 1 amide bonds. The second-order valence-electron chi connectivity index (χ2n) is 3.71. The predicted octanol–water partition coefficient (Wildman–Crippen LogP) is 3.73. The number of benzene rings is 2. The summed E-state index contributed by atoms with van der Waals surface area (Å²) < 4.78 is 0.969. The lowest BCUT2D eigenvalue weighted by molar-refractivity contribution is 0.0993. The zero-order valence-electron chi connectivity index (χ0n) is 9.43. The van der Waals surface area contributed by atoms with Crippen LogP contribution in [0, 0.1) is 0 Å². The molecule has 0 aliphatic carbocycles. The van der Waals surface area contributed by atoms with Crippen LogP contribution in [0.3, 0.4) is 0 Å². The van der Waals surface area contributed by atoms with E-state index < -0.39 is 0 Å². The van der Waals surface area contributed by atoms with Gasteiger partial charge >= 0.3 is 0 Å². The molecule has 17 heavy (non-hydrogen) atoms. The van der Waals surface area contributed by atoms with Gasteiger partial charge in [0.2, 0.25) is 0 Å². The molecule has 0 bridgehead atoms. The van der Waals surface area contributed by atoms with E-state index in [1.54, 1.807) is 11.9 Å². The molecule has 2 nitrogen and oxygen atoms in total. The molecule has 0 spiro atoms. The van der Waals surface area contributed by atoms with Crippen LogP contribution in [0.1, 0.15) is 10.4 Å². The Morgan fingerprint density at radius 1 is 1.00 bits per heavy atom. The molecule has 2 aromatic rings. The highest BCUT2D eigenvalue weighted by Gasteiger charge is 2.12. The maximum Gasteiger partial charge on any atom is 0.258 e. The molecule has 86 valence electrons. The topological polar surface area (TPSA) is 20.3 Å². The van der Waals surface area contributed by atoms with Crippen molar-refractivity contribution in [3.05, 3.63) is 64.6 Å². The Morgan fingerprint density at radius 2 is 1.59 bits per heavy atom. The molecule has 2 rings (SSSR count). The maximum atomic E-state index is 12.2. The van der Waals surface area contributed by atoms with Gasteiger partial charge in [0.05, 0.1) is 0 Å². The zero-order chi connectivity index (χ0) is 12.3. The minimum Gasteiger partial charge on any atom is -0.311 e. The highest BCUT2D eigenvalue weighted by atomic mass is 79.9. The molecule has 0 heterocycles. The van der Waals surface area contributed by atoms with Crippen molar-refractivity contribution in [2.75, 3.05) is 11.9 Å². The number of hydrogen-bond donors (Lipinski definition) is 0. The molecule has 0 saturated carbocycles. The number of anilines is 1. The first kappa shape index (κ1) is 11.9. The molecular formula is C14H12BrNO. The van der Waals surface area contributed by atoms with E-state index in [9.17, 15) is 4.79 Å². The first-order valence-electron chi connectivity index (χ1n) is 5.27. The van der Waals surface area contributed by atoms with E-state index in [0.717, 1.165) is 10.2 Å². The third-order valence-corrected chi connectivity index (χ3v) is 3.07. The van der Waals surface area contributed by atoms with Crippen LogP contribution in [-0.4, -0.2) is 13.0 Å². The lowest BCUT2D eigenvalue weighted by atomic mass is 10.2. The van der Waals surface area contributed by atoms with E-state index in [2.05, 4.69) is 15.9 Å². The van der Waals surface area contributed by atoms with Crippen LogP contribution in [-0.2, 0) is 0 Å². The van der Waals surface area contributed by atoms with Crippen molar-refractivity contribution in [3.8, 4) is 0 Å². The number of amides is 1. The number of rotatable bonds is 2. The normalized spacial score (nSPS) is 10.0. The molecule has 2 aromatic carbocycles. The summed E-state index contributed by atoms with van der Waals surface area (Å²) in [6.45, 7) is 0. The second kappa shape index (κ2) is 5.15. The van der Waals surface area contributed by atoms with Crippen LogP contribution in [0.4, 0.5) is 5.69 Å². The molecule has 0 unspecified atom stereocenters. The minimum absolute atomic E-state index is 0.0105. The van der Waals surface area contributed by atoms with E-state index in [1.165, 1.54) is 0 Å². The fourth-order valence-corrected chi connectivity index (χ4v) is 1.82. The van der Waals surface area contributed by atoms with Gasteiger partial charge in [-0.2, -0.15) is 0 Å². The van der Waals surface area contributed by atoms with Gasteiger partial charge in [-0.15, -0.1) is 0 Å². The van der Waals surface area contributed by atoms with E-state index >= 15 is 0 Å². The van der Waals surface area contributed by atoms with Gasteiger partial charge in [0.25, 0.3) is 5.91 Å². The van der Waals surface area contributed by atoms with Gasteiger partial charge in [-0.1, -0.05) is 34.1 Å². The first-order chi connectivity index (χ1) is 8.18. The number of carbonyl (C=O) groups excluding carboxylic acids is 1. The Morgan fingerprint density at radius 3 is 2.18 bits per heavy atom.